The number of aromatic nitrogens is 1. The summed E-state index contributed by atoms with van der Waals surface area (Å²) in [5.74, 6) is 0.388. The summed E-state index contributed by atoms with van der Waals surface area (Å²) in [6, 6.07) is 12.3. The quantitative estimate of drug-likeness (QED) is 0.897. The Labute approximate surface area is 112 Å². The molecule has 0 bridgehead atoms. The van der Waals surface area contributed by atoms with Gasteiger partial charge in [0.15, 0.2) is 0 Å². The molecule has 0 unspecified atom stereocenters. The Morgan fingerprint density at radius 2 is 2.00 bits per heavy atom. The summed E-state index contributed by atoms with van der Waals surface area (Å²) in [6.07, 6.45) is 0. The first-order valence-corrected chi connectivity index (χ1v) is 6.18. The fourth-order valence-electron chi connectivity index (χ4n) is 1.86. The zero-order valence-corrected chi connectivity index (χ0v) is 11.1. The van der Waals surface area contributed by atoms with E-state index in [1.165, 1.54) is 6.07 Å². The standard InChI is InChI=1S/C15H17FN2O/c1-11(13-7-3-4-8-14(13)16)17-10-12-6-5-9-15(18-12)19-2/h3-9,11,17H,10H2,1-2H3/t11-/m1/s1. The minimum Gasteiger partial charge on any atom is -0.481 e. The van der Waals surface area contributed by atoms with Crippen molar-refractivity contribution in [2.24, 2.45) is 0 Å². The second kappa shape index (κ2) is 6.29. The third kappa shape index (κ3) is 3.51. The molecule has 1 aromatic heterocycles. The monoisotopic (exact) mass is 260 g/mol. The minimum absolute atomic E-state index is 0.0748. The zero-order chi connectivity index (χ0) is 13.7. The predicted octanol–water partition coefficient (Wildman–Crippen LogP) is 3.08. The third-order valence-corrected chi connectivity index (χ3v) is 2.95. The Kier molecular flexibility index (Phi) is 4.47. The number of benzene rings is 1. The maximum Gasteiger partial charge on any atom is 0.213 e. The predicted molar refractivity (Wildman–Crippen MR) is 72.4 cm³/mol. The number of methoxy groups -OCH3 is 1. The molecule has 4 heteroatoms. The van der Waals surface area contributed by atoms with E-state index in [0.29, 0.717) is 18.0 Å². The van der Waals surface area contributed by atoms with Crippen molar-refractivity contribution >= 4 is 0 Å². The molecule has 1 aromatic carbocycles. The van der Waals surface area contributed by atoms with Crippen LogP contribution in [0.1, 0.15) is 24.2 Å². The molecule has 0 saturated carbocycles. The summed E-state index contributed by atoms with van der Waals surface area (Å²) in [5, 5.41) is 3.25. The molecule has 0 saturated heterocycles. The maximum absolute atomic E-state index is 13.6. The molecule has 0 amide bonds. The van der Waals surface area contributed by atoms with Crippen LogP contribution in [0.4, 0.5) is 4.39 Å². The summed E-state index contributed by atoms with van der Waals surface area (Å²) in [4.78, 5) is 4.30. The molecular formula is C15H17FN2O. The van der Waals surface area contributed by atoms with E-state index < -0.39 is 0 Å². The van der Waals surface area contributed by atoms with Crippen LogP contribution in [0.3, 0.4) is 0 Å². The van der Waals surface area contributed by atoms with Crippen LogP contribution in [0.2, 0.25) is 0 Å². The molecular weight excluding hydrogens is 243 g/mol. The summed E-state index contributed by atoms with van der Waals surface area (Å²) in [5.41, 5.74) is 1.52. The lowest BCUT2D eigenvalue weighted by Crippen LogP contribution is -2.19. The average Bonchev–Trinajstić information content (AvgIpc) is 2.45. The van der Waals surface area contributed by atoms with E-state index in [1.807, 2.05) is 25.1 Å². The Hall–Kier alpha value is -1.94. The van der Waals surface area contributed by atoms with E-state index in [-0.39, 0.29) is 11.9 Å². The van der Waals surface area contributed by atoms with E-state index >= 15 is 0 Å². The summed E-state index contributed by atoms with van der Waals surface area (Å²) >= 11 is 0. The number of rotatable bonds is 5. The zero-order valence-electron chi connectivity index (χ0n) is 11.1. The van der Waals surface area contributed by atoms with Gasteiger partial charge < -0.3 is 10.1 Å². The van der Waals surface area contributed by atoms with E-state index in [4.69, 9.17) is 4.74 Å². The first-order chi connectivity index (χ1) is 9.20. The number of hydrogen-bond acceptors (Lipinski definition) is 3. The average molecular weight is 260 g/mol. The summed E-state index contributed by atoms with van der Waals surface area (Å²) < 4.78 is 18.7. The van der Waals surface area contributed by atoms with Crippen LogP contribution in [-0.2, 0) is 6.54 Å². The molecule has 100 valence electrons. The van der Waals surface area contributed by atoms with Crippen molar-refractivity contribution in [3.05, 3.63) is 59.5 Å². The lowest BCUT2D eigenvalue weighted by Gasteiger charge is -2.14. The Balaban J connectivity index is 2.00. The highest BCUT2D eigenvalue weighted by molar-refractivity contribution is 5.21. The van der Waals surface area contributed by atoms with Crippen molar-refractivity contribution < 1.29 is 9.13 Å². The first kappa shape index (κ1) is 13.5. The van der Waals surface area contributed by atoms with Gasteiger partial charge in [0.25, 0.3) is 0 Å². The molecule has 0 aliphatic rings. The lowest BCUT2D eigenvalue weighted by molar-refractivity contribution is 0.395. The fourth-order valence-corrected chi connectivity index (χ4v) is 1.86. The van der Waals surface area contributed by atoms with E-state index in [2.05, 4.69) is 10.3 Å². The van der Waals surface area contributed by atoms with Gasteiger partial charge in [-0.1, -0.05) is 24.3 Å². The van der Waals surface area contributed by atoms with Gasteiger partial charge in [-0.2, -0.15) is 0 Å². The minimum atomic E-state index is -0.193. The molecule has 19 heavy (non-hydrogen) atoms. The molecule has 2 aromatic rings. The Morgan fingerprint density at radius 3 is 2.74 bits per heavy atom. The number of nitrogens with zero attached hydrogens (tertiary/aromatic N) is 1. The second-order valence-electron chi connectivity index (χ2n) is 4.30. The van der Waals surface area contributed by atoms with Crippen molar-refractivity contribution in [1.82, 2.24) is 10.3 Å². The van der Waals surface area contributed by atoms with Crippen molar-refractivity contribution in [3.63, 3.8) is 0 Å². The highest BCUT2D eigenvalue weighted by Gasteiger charge is 2.09. The van der Waals surface area contributed by atoms with Crippen molar-refractivity contribution in [2.75, 3.05) is 7.11 Å². The van der Waals surface area contributed by atoms with Gasteiger partial charge in [-0.3, -0.25) is 0 Å². The molecule has 0 aliphatic carbocycles. The van der Waals surface area contributed by atoms with Crippen LogP contribution in [0.25, 0.3) is 0 Å². The lowest BCUT2D eigenvalue weighted by atomic mass is 10.1. The first-order valence-electron chi connectivity index (χ1n) is 6.18. The number of halogens is 1. The molecule has 1 heterocycles. The molecule has 2 rings (SSSR count). The second-order valence-corrected chi connectivity index (χ2v) is 4.30. The molecule has 3 nitrogen and oxygen atoms in total. The van der Waals surface area contributed by atoms with Crippen molar-refractivity contribution in [3.8, 4) is 5.88 Å². The van der Waals surface area contributed by atoms with Gasteiger partial charge in [0, 0.05) is 24.2 Å². The van der Waals surface area contributed by atoms with Crippen LogP contribution >= 0.6 is 0 Å². The Morgan fingerprint density at radius 1 is 1.21 bits per heavy atom. The SMILES string of the molecule is COc1cccc(CN[C@H](C)c2ccccc2F)n1. The maximum atomic E-state index is 13.6. The number of ether oxygens (including phenoxy) is 1. The van der Waals surface area contributed by atoms with Gasteiger partial charge in [0.1, 0.15) is 5.82 Å². The van der Waals surface area contributed by atoms with Gasteiger partial charge in [0.2, 0.25) is 5.88 Å². The molecule has 0 aliphatic heterocycles. The van der Waals surface area contributed by atoms with Crippen LogP contribution in [0.15, 0.2) is 42.5 Å². The highest BCUT2D eigenvalue weighted by Crippen LogP contribution is 2.16. The normalized spacial score (nSPS) is 12.2. The number of nitrogens with one attached hydrogen (secondary N) is 1. The molecule has 0 radical (unpaired) electrons. The topological polar surface area (TPSA) is 34.1 Å². The van der Waals surface area contributed by atoms with Gasteiger partial charge in [0.05, 0.1) is 12.8 Å². The Bertz CT molecular complexity index is 545. The largest absolute Gasteiger partial charge is 0.481 e. The molecule has 1 atom stereocenters. The smallest absolute Gasteiger partial charge is 0.213 e. The molecule has 1 N–H and O–H groups in total. The van der Waals surface area contributed by atoms with Crippen molar-refractivity contribution in [2.45, 2.75) is 19.5 Å². The van der Waals surface area contributed by atoms with E-state index in [9.17, 15) is 4.39 Å². The third-order valence-electron chi connectivity index (χ3n) is 2.95. The summed E-state index contributed by atoms with van der Waals surface area (Å²) in [6.45, 7) is 2.49. The van der Waals surface area contributed by atoms with Crippen LogP contribution in [-0.4, -0.2) is 12.1 Å². The van der Waals surface area contributed by atoms with Crippen LogP contribution in [0.5, 0.6) is 5.88 Å². The molecule has 0 fully saturated rings. The van der Waals surface area contributed by atoms with E-state index in [1.54, 1.807) is 25.3 Å². The molecule has 0 spiro atoms. The highest BCUT2D eigenvalue weighted by atomic mass is 19.1. The van der Waals surface area contributed by atoms with Crippen LogP contribution in [0, 0.1) is 5.82 Å². The fraction of sp³-hybridized carbons (Fsp3) is 0.267. The number of pyridine rings is 1. The summed E-state index contributed by atoms with van der Waals surface area (Å²) in [7, 11) is 1.58. The van der Waals surface area contributed by atoms with Gasteiger partial charge in [-0.05, 0) is 19.1 Å². The van der Waals surface area contributed by atoms with Gasteiger partial charge in [-0.15, -0.1) is 0 Å². The van der Waals surface area contributed by atoms with Crippen molar-refractivity contribution in [1.29, 1.82) is 0 Å². The van der Waals surface area contributed by atoms with Gasteiger partial charge in [-0.25, -0.2) is 9.37 Å². The van der Waals surface area contributed by atoms with E-state index in [0.717, 1.165) is 5.69 Å². The number of hydrogen-bond donors (Lipinski definition) is 1. The van der Waals surface area contributed by atoms with Gasteiger partial charge >= 0.3 is 0 Å². The van der Waals surface area contributed by atoms with Crippen LogP contribution < -0.4 is 10.1 Å².